The molecule has 1 aliphatic heterocycles. The molecule has 146 valence electrons. The van der Waals surface area contributed by atoms with E-state index in [1.165, 1.54) is 17.3 Å². The summed E-state index contributed by atoms with van der Waals surface area (Å²) in [5, 5.41) is 0.681. The summed E-state index contributed by atoms with van der Waals surface area (Å²) in [7, 11) is 5.00. The van der Waals surface area contributed by atoms with Crippen LogP contribution in [0, 0.1) is 6.92 Å². The minimum absolute atomic E-state index is 0.0690. The number of carbonyl (C=O) groups excluding carboxylic acids is 1. The number of benzene rings is 2. The fraction of sp³-hybridized carbons (Fsp3) is 0.238. The van der Waals surface area contributed by atoms with Gasteiger partial charge in [-0.05, 0) is 64.0 Å². The Bertz CT molecular complexity index is 972. The molecular weight excluding hydrogens is 440 g/mol. The van der Waals surface area contributed by atoms with E-state index < -0.39 is 0 Å². The van der Waals surface area contributed by atoms with Crippen LogP contribution in [0.1, 0.15) is 16.7 Å². The van der Waals surface area contributed by atoms with E-state index in [1.807, 2.05) is 30.3 Å². The van der Waals surface area contributed by atoms with Crippen LogP contribution >= 0.6 is 27.7 Å². The first-order chi connectivity index (χ1) is 13.4. The van der Waals surface area contributed by atoms with Gasteiger partial charge in [0.15, 0.2) is 16.7 Å². The standard InChI is InChI=1S/C21H21BrN2O3S/c1-13-6-5-7-14(8-13)12-27-19-16(22)9-15(10-17(19)26-4)11-18-20(25)24(3)21(23-2)28-18/h5-11H,12H2,1-4H3/b18-11-,23-21?. The highest BCUT2D eigenvalue weighted by molar-refractivity contribution is 9.10. The number of methoxy groups -OCH3 is 1. The van der Waals surface area contributed by atoms with Gasteiger partial charge in [0.1, 0.15) is 6.61 Å². The molecule has 28 heavy (non-hydrogen) atoms. The molecule has 5 nitrogen and oxygen atoms in total. The van der Waals surface area contributed by atoms with Crippen LogP contribution in [0.2, 0.25) is 0 Å². The zero-order valence-electron chi connectivity index (χ0n) is 16.2. The van der Waals surface area contributed by atoms with Gasteiger partial charge in [0.25, 0.3) is 5.91 Å². The monoisotopic (exact) mass is 460 g/mol. The molecule has 0 saturated carbocycles. The highest BCUT2D eigenvalue weighted by Crippen LogP contribution is 2.39. The molecule has 1 fully saturated rings. The van der Waals surface area contributed by atoms with Gasteiger partial charge in [0.05, 0.1) is 16.5 Å². The second-order valence-corrected chi connectivity index (χ2v) is 8.16. The molecule has 1 aliphatic rings. The van der Waals surface area contributed by atoms with Gasteiger partial charge in [-0.2, -0.15) is 0 Å². The Hall–Kier alpha value is -2.25. The molecule has 0 radical (unpaired) electrons. The summed E-state index contributed by atoms with van der Waals surface area (Å²) in [6, 6.07) is 12.0. The number of amidine groups is 1. The van der Waals surface area contributed by atoms with Gasteiger partial charge in [-0.3, -0.25) is 14.7 Å². The highest BCUT2D eigenvalue weighted by Gasteiger charge is 2.29. The van der Waals surface area contributed by atoms with Crippen LogP contribution in [0.25, 0.3) is 6.08 Å². The van der Waals surface area contributed by atoms with Gasteiger partial charge in [0.2, 0.25) is 0 Å². The van der Waals surface area contributed by atoms with Gasteiger partial charge in [-0.1, -0.05) is 29.8 Å². The average Bonchev–Trinajstić information content (AvgIpc) is 2.94. The Morgan fingerprint density at radius 1 is 1.29 bits per heavy atom. The lowest BCUT2D eigenvalue weighted by Gasteiger charge is -2.14. The summed E-state index contributed by atoms with van der Waals surface area (Å²) >= 11 is 4.92. The first-order valence-electron chi connectivity index (χ1n) is 8.63. The number of halogens is 1. The molecule has 0 unspecified atom stereocenters. The Kier molecular flexibility index (Phi) is 6.46. The number of hydrogen-bond donors (Lipinski definition) is 0. The van der Waals surface area contributed by atoms with Crippen LogP contribution in [0.5, 0.6) is 11.5 Å². The first-order valence-corrected chi connectivity index (χ1v) is 10.2. The van der Waals surface area contributed by atoms with Crippen molar-refractivity contribution in [1.29, 1.82) is 0 Å². The van der Waals surface area contributed by atoms with Crippen molar-refractivity contribution in [2.24, 2.45) is 4.99 Å². The third-order valence-corrected chi connectivity index (χ3v) is 5.95. The van der Waals surface area contributed by atoms with E-state index in [4.69, 9.17) is 9.47 Å². The van der Waals surface area contributed by atoms with Crippen molar-refractivity contribution in [2.45, 2.75) is 13.5 Å². The molecule has 0 aromatic heterocycles. The van der Waals surface area contributed by atoms with E-state index in [9.17, 15) is 4.79 Å². The summed E-state index contributed by atoms with van der Waals surface area (Å²) in [6.45, 7) is 2.49. The lowest BCUT2D eigenvalue weighted by atomic mass is 10.1. The second kappa shape index (κ2) is 8.84. The maximum absolute atomic E-state index is 12.4. The number of aryl methyl sites for hydroxylation is 1. The van der Waals surface area contributed by atoms with Crippen LogP contribution in [0.4, 0.5) is 0 Å². The van der Waals surface area contributed by atoms with Crippen molar-refractivity contribution in [3.05, 3.63) is 62.5 Å². The molecule has 0 spiro atoms. The van der Waals surface area contributed by atoms with Crippen molar-refractivity contribution < 1.29 is 14.3 Å². The Labute approximate surface area is 177 Å². The lowest BCUT2D eigenvalue weighted by molar-refractivity contribution is -0.121. The van der Waals surface area contributed by atoms with Gasteiger partial charge in [-0.15, -0.1) is 0 Å². The highest BCUT2D eigenvalue weighted by atomic mass is 79.9. The molecule has 0 atom stereocenters. The number of ether oxygens (including phenoxy) is 2. The molecule has 3 rings (SSSR count). The smallest absolute Gasteiger partial charge is 0.266 e. The predicted molar refractivity (Wildman–Crippen MR) is 118 cm³/mol. The largest absolute Gasteiger partial charge is 0.493 e. The van der Waals surface area contributed by atoms with Crippen LogP contribution in [0.3, 0.4) is 0 Å². The summed E-state index contributed by atoms with van der Waals surface area (Å²) in [6.07, 6.45) is 1.83. The molecule has 0 N–H and O–H groups in total. The molecule has 2 aromatic rings. The second-order valence-electron chi connectivity index (χ2n) is 6.29. The van der Waals surface area contributed by atoms with Crippen molar-refractivity contribution in [2.75, 3.05) is 21.2 Å². The zero-order valence-corrected chi connectivity index (χ0v) is 18.6. The molecule has 0 bridgehead atoms. The van der Waals surface area contributed by atoms with Crippen LogP contribution in [0.15, 0.2) is 50.8 Å². The number of hydrogen-bond acceptors (Lipinski definition) is 5. The van der Waals surface area contributed by atoms with Gasteiger partial charge in [0, 0.05) is 14.1 Å². The number of likely N-dealkylation sites (N-methyl/N-ethyl adjacent to an activating group) is 1. The molecule has 2 aromatic carbocycles. The number of rotatable bonds is 5. The third kappa shape index (κ3) is 4.42. The molecule has 1 saturated heterocycles. The Morgan fingerprint density at radius 2 is 2.07 bits per heavy atom. The molecule has 1 amide bonds. The number of nitrogens with zero attached hydrogens (tertiary/aromatic N) is 2. The average molecular weight is 461 g/mol. The van der Waals surface area contributed by atoms with E-state index in [1.54, 1.807) is 26.1 Å². The topological polar surface area (TPSA) is 51.1 Å². The summed E-state index contributed by atoms with van der Waals surface area (Å²) < 4.78 is 12.3. The van der Waals surface area contributed by atoms with E-state index in [2.05, 4.69) is 40.0 Å². The van der Waals surface area contributed by atoms with Gasteiger partial charge >= 0.3 is 0 Å². The quantitative estimate of drug-likeness (QED) is 0.596. The predicted octanol–water partition coefficient (Wildman–Crippen LogP) is 4.88. The third-order valence-electron chi connectivity index (χ3n) is 4.21. The van der Waals surface area contributed by atoms with Gasteiger partial charge in [-0.25, -0.2) is 0 Å². The number of carbonyl (C=O) groups is 1. The lowest BCUT2D eigenvalue weighted by Crippen LogP contribution is -2.23. The minimum atomic E-state index is -0.0690. The van der Waals surface area contributed by atoms with Crippen molar-refractivity contribution >= 4 is 44.8 Å². The van der Waals surface area contributed by atoms with E-state index in [-0.39, 0.29) is 5.91 Å². The first kappa shape index (κ1) is 20.5. The summed E-state index contributed by atoms with van der Waals surface area (Å²) in [5.41, 5.74) is 3.11. The van der Waals surface area contributed by atoms with Crippen LogP contribution in [-0.4, -0.2) is 37.2 Å². The number of thioether (sulfide) groups is 1. The fourth-order valence-electron chi connectivity index (χ4n) is 2.82. The van der Waals surface area contributed by atoms with Crippen molar-refractivity contribution in [1.82, 2.24) is 4.90 Å². The fourth-order valence-corrected chi connectivity index (χ4v) is 4.32. The van der Waals surface area contributed by atoms with E-state index in [0.717, 1.165) is 15.6 Å². The van der Waals surface area contributed by atoms with E-state index >= 15 is 0 Å². The maximum Gasteiger partial charge on any atom is 0.266 e. The Balaban J connectivity index is 1.86. The number of aliphatic imine (C=N–C) groups is 1. The SMILES string of the molecule is CN=C1S/C(=C\c2cc(Br)c(OCc3cccc(C)c3)c(OC)c2)C(=O)N1C. The van der Waals surface area contributed by atoms with Crippen LogP contribution < -0.4 is 9.47 Å². The molecule has 0 aliphatic carbocycles. The molecular formula is C21H21BrN2O3S. The minimum Gasteiger partial charge on any atom is -0.493 e. The normalized spacial score (nSPS) is 16.9. The summed E-state index contributed by atoms with van der Waals surface area (Å²) in [5.74, 6) is 1.16. The molecule has 7 heteroatoms. The molecule has 1 heterocycles. The van der Waals surface area contributed by atoms with Crippen molar-refractivity contribution in [3.63, 3.8) is 0 Å². The Morgan fingerprint density at radius 3 is 2.71 bits per heavy atom. The maximum atomic E-state index is 12.4. The number of amides is 1. The van der Waals surface area contributed by atoms with Gasteiger partial charge < -0.3 is 9.47 Å². The van der Waals surface area contributed by atoms with E-state index in [0.29, 0.717) is 28.2 Å². The zero-order chi connectivity index (χ0) is 20.3. The van der Waals surface area contributed by atoms with Crippen molar-refractivity contribution in [3.8, 4) is 11.5 Å². The van der Waals surface area contributed by atoms with Crippen LogP contribution in [-0.2, 0) is 11.4 Å². The summed E-state index contributed by atoms with van der Waals surface area (Å²) in [4.78, 5) is 18.6.